The third-order valence-corrected chi connectivity index (χ3v) is 2.98. The van der Waals surface area contributed by atoms with Gasteiger partial charge in [-0.25, -0.2) is 0 Å². The van der Waals surface area contributed by atoms with Gasteiger partial charge in [-0.1, -0.05) is 31.6 Å². The van der Waals surface area contributed by atoms with E-state index in [4.69, 9.17) is 0 Å². The highest BCUT2D eigenvalue weighted by molar-refractivity contribution is 5.82. The summed E-state index contributed by atoms with van der Waals surface area (Å²) in [7, 11) is 0. The molecule has 1 amide bonds. The van der Waals surface area contributed by atoms with Crippen LogP contribution in [0.25, 0.3) is 0 Å². The Morgan fingerprint density at radius 1 is 1.44 bits per heavy atom. The minimum absolute atomic E-state index is 0. The molecule has 2 aliphatic rings. The van der Waals surface area contributed by atoms with Crippen molar-refractivity contribution in [2.24, 2.45) is 0 Å². The number of amides is 1. The smallest absolute Gasteiger partial charge is 0.341 e. The summed E-state index contributed by atoms with van der Waals surface area (Å²) in [6.45, 7) is 4.00. The summed E-state index contributed by atoms with van der Waals surface area (Å²) in [4.78, 5) is 10.8. The van der Waals surface area contributed by atoms with Crippen LogP contribution >= 0.6 is 0 Å². The van der Waals surface area contributed by atoms with Gasteiger partial charge in [-0.2, -0.15) is 13.2 Å². The fraction of sp³-hybridized carbons (Fsp3) is 0.615. The summed E-state index contributed by atoms with van der Waals surface area (Å²) >= 11 is 0. The van der Waals surface area contributed by atoms with Crippen LogP contribution in [0.4, 0.5) is 13.2 Å². The van der Waals surface area contributed by atoms with Gasteiger partial charge in [0.2, 0.25) is 0 Å². The molecule has 18 heavy (non-hydrogen) atoms. The number of carbonyl (C=O) groups is 1. The molecule has 0 saturated carbocycles. The molecule has 0 aromatic heterocycles. The van der Waals surface area contributed by atoms with Crippen molar-refractivity contribution in [3.63, 3.8) is 0 Å². The normalized spacial score (nSPS) is 22.2. The van der Waals surface area contributed by atoms with Gasteiger partial charge < -0.3 is 5.32 Å². The lowest BCUT2D eigenvalue weighted by atomic mass is 9.89. The zero-order valence-corrected chi connectivity index (χ0v) is 10.6. The highest BCUT2D eigenvalue weighted by atomic mass is 19.4. The third kappa shape index (κ3) is 3.37. The summed E-state index contributed by atoms with van der Waals surface area (Å²) < 4.78 is 36.3. The van der Waals surface area contributed by atoms with E-state index in [-0.39, 0.29) is 1.43 Å². The van der Waals surface area contributed by atoms with Crippen LogP contribution in [0.1, 0.15) is 41.0 Å². The van der Waals surface area contributed by atoms with Gasteiger partial charge in [-0.05, 0) is 31.3 Å². The van der Waals surface area contributed by atoms with E-state index >= 15 is 0 Å². The maximum absolute atomic E-state index is 12.1. The zero-order valence-electron chi connectivity index (χ0n) is 10.6. The van der Waals surface area contributed by atoms with Gasteiger partial charge in [-0.3, -0.25) is 4.79 Å². The van der Waals surface area contributed by atoms with E-state index in [1.165, 1.54) is 5.57 Å². The van der Waals surface area contributed by atoms with Crippen LogP contribution in [0.2, 0.25) is 0 Å². The van der Waals surface area contributed by atoms with Crippen molar-refractivity contribution in [2.75, 3.05) is 0 Å². The van der Waals surface area contributed by atoms with Gasteiger partial charge in [0, 0.05) is 1.43 Å². The summed E-state index contributed by atoms with van der Waals surface area (Å²) in [5.41, 5.74) is 2.04. The molecule has 104 valence electrons. The van der Waals surface area contributed by atoms with Gasteiger partial charge in [-0.15, -0.1) is 0 Å². The second-order valence-electron chi connectivity index (χ2n) is 4.08. The molecule has 0 bridgehead atoms. The van der Waals surface area contributed by atoms with Crippen LogP contribution in [0, 0.1) is 0 Å². The van der Waals surface area contributed by atoms with Gasteiger partial charge in [0.25, 0.3) is 0 Å². The van der Waals surface area contributed by atoms with Crippen molar-refractivity contribution in [3.05, 3.63) is 23.3 Å². The predicted molar refractivity (Wildman–Crippen MR) is 66.1 cm³/mol. The number of nitrogens with one attached hydrogen (secondary N) is 1. The number of alkyl halides is 3. The van der Waals surface area contributed by atoms with Crippen molar-refractivity contribution in [1.82, 2.24) is 5.32 Å². The molecule has 0 heterocycles. The minimum Gasteiger partial charge on any atom is -0.341 e. The highest BCUT2D eigenvalue weighted by Crippen LogP contribution is 2.33. The second-order valence-corrected chi connectivity index (χ2v) is 4.08. The first-order valence-corrected chi connectivity index (χ1v) is 6.24. The minimum atomic E-state index is -4.79. The summed E-state index contributed by atoms with van der Waals surface area (Å²) in [6.07, 6.45) is 2.14. The first-order chi connectivity index (χ1) is 8.48. The predicted octanol–water partition coefficient (Wildman–Crippen LogP) is 3.75. The quantitative estimate of drug-likeness (QED) is 0.767. The largest absolute Gasteiger partial charge is 0.471 e. The molecule has 1 N–H and O–H groups in total. The molecule has 0 saturated heterocycles. The van der Waals surface area contributed by atoms with Gasteiger partial charge >= 0.3 is 12.1 Å². The van der Waals surface area contributed by atoms with Gasteiger partial charge in [0.05, 0.1) is 6.04 Å². The Bertz CT molecular complexity index is 375. The maximum Gasteiger partial charge on any atom is 0.471 e. The van der Waals surface area contributed by atoms with Crippen molar-refractivity contribution >= 4 is 5.91 Å². The molecule has 0 radical (unpaired) electrons. The molecule has 0 aromatic carbocycles. The molecule has 0 unspecified atom stereocenters. The number of allylic oxidation sites excluding steroid dienone is 2. The number of halogens is 3. The molecule has 5 heteroatoms. The molecule has 0 spiro atoms. The molecule has 1 atom stereocenters. The lowest BCUT2D eigenvalue weighted by Gasteiger charge is -2.25. The van der Waals surface area contributed by atoms with E-state index in [0.717, 1.165) is 24.8 Å². The van der Waals surface area contributed by atoms with E-state index in [9.17, 15) is 18.0 Å². The Morgan fingerprint density at radius 3 is 2.72 bits per heavy atom. The van der Waals surface area contributed by atoms with Crippen LogP contribution in [0.3, 0.4) is 0 Å². The van der Waals surface area contributed by atoms with Crippen molar-refractivity contribution in [2.45, 2.75) is 51.7 Å². The van der Waals surface area contributed by atoms with Crippen molar-refractivity contribution in [3.8, 4) is 0 Å². The van der Waals surface area contributed by atoms with E-state index in [1.807, 2.05) is 26.0 Å². The van der Waals surface area contributed by atoms with Crippen LogP contribution in [-0.4, -0.2) is 18.1 Å². The topological polar surface area (TPSA) is 29.1 Å². The summed E-state index contributed by atoms with van der Waals surface area (Å²) in [6, 6.07) is -0.461. The average Bonchev–Trinajstić information content (AvgIpc) is 2.79. The zero-order chi connectivity index (χ0) is 13.8. The molecule has 2 aliphatic carbocycles. The number of rotatable bonds is 1. The second kappa shape index (κ2) is 6.07. The fourth-order valence-electron chi connectivity index (χ4n) is 2.24. The monoisotopic (exact) mass is 263 g/mol. The summed E-state index contributed by atoms with van der Waals surface area (Å²) in [5.74, 6) is -1.84. The number of hydrogen-bond acceptors (Lipinski definition) is 1. The van der Waals surface area contributed by atoms with E-state index in [0.29, 0.717) is 6.42 Å². The van der Waals surface area contributed by atoms with Crippen LogP contribution in [0.5, 0.6) is 0 Å². The summed E-state index contributed by atoms with van der Waals surface area (Å²) in [5, 5.41) is 2.06. The van der Waals surface area contributed by atoms with Crippen molar-refractivity contribution in [1.29, 1.82) is 0 Å². The van der Waals surface area contributed by atoms with E-state index < -0.39 is 18.1 Å². The Labute approximate surface area is 106 Å². The maximum atomic E-state index is 12.1. The molecule has 2 rings (SSSR count). The van der Waals surface area contributed by atoms with Crippen LogP contribution < -0.4 is 5.32 Å². The molecule has 2 nitrogen and oxygen atoms in total. The first-order valence-electron chi connectivity index (χ1n) is 6.24. The first kappa shape index (κ1) is 14.8. The highest BCUT2D eigenvalue weighted by Gasteiger charge is 2.40. The van der Waals surface area contributed by atoms with E-state index in [1.54, 1.807) is 0 Å². The Hall–Kier alpha value is -1.26. The third-order valence-electron chi connectivity index (χ3n) is 2.98. The Morgan fingerprint density at radius 2 is 2.11 bits per heavy atom. The fourth-order valence-corrected chi connectivity index (χ4v) is 2.24. The molecule has 0 aliphatic heterocycles. The lowest BCUT2D eigenvalue weighted by molar-refractivity contribution is -0.174. The SMILES string of the molecule is CC.O=C(N[C@H]1CCCC2=C1C=CC2)C(F)(F)F.[HH]. The van der Waals surface area contributed by atoms with Crippen LogP contribution in [-0.2, 0) is 4.79 Å². The standard InChI is InChI=1S/C11H12F3NO.C2H6.H2/c12-11(13,14)10(16)15-9-6-2-4-7-3-1-5-8(7)9;1-2;/h1,5,9H,2-4,6H2,(H,15,16);1-2H3;1H/t9-;;/m0../s1. The molecule has 0 aromatic rings. The van der Waals surface area contributed by atoms with Crippen LogP contribution in [0.15, 0.2) is 23.3 Å². The van der Waals surface area contributed by atoms with E-state index in [2.05, 4.69) is 5.32 Å². The van der Waals surface area contributed by atoms with Crippen molar-refractivity contribution < 1.29 is 19.4 Å². The van der Waals surface area contributed by atoms with Gasteiger partial charge in [0.15, 0.2) is 0 Å². The Kier molecular flexibility index (Phi) is 4.99. The molecular formula is C13H20F3NO. The van der Waals surface area contributed by atoms with Gasteiger partial charge in [0.1, 0.15) is 0 Å². The average molecular weight is 263 g/mol. The number of carbonyl (C=O) groups excluding carboxylic acids is 1. The number of hydrogen-bond donors (Lipinski definition) is 1. The Balaban J connectivity index is 0.00000103. The molecule has 0 fully saturated rings. The molecular weight excluding hydrogens is 243 g/mol. The lowest BCUT2D eigenvalue weighted by Crippen LogP contribution is -2.44.